The molecule has 0 atom stereocenters. The second kappa shape index (κ2) is 15.9. The van der Waals surface area contributed by atoms with E-state index in [0.29, 0.717) is 63.2 Å². The van der Waals surface area contributed by atoms with Crippen molar-refractivity contribution < 1.29 is 23.9 Å². The van der Waals surface area contributed by atoms with Crippen molar-refractivity contribution in [1.82, 2.24) is 20.4 Å². The van der Waals surface area contributed by atoms with Crippen LogP contribution in [0, 0.1) is 18.8 Å². The fraction of sp³-hybridized carbons (Fsp3) is 0.538. The summed E-state index contributed by atoms with van der Waals surface area (Å²) in [6.07, 6.45) is 12.7. The zero-order valence-electron chi connectivity index (χ0n) is 29.2. The summed E-state index contributed by atoms with van der Waals surface area (Å²) in [5, 5.41) is 9.95. The Morgan fingerprint density at radius 3 is 2.35 bits per heavy atom. The largest absolute Gasteiger partial charge is 0.496 e. The lowest BCUT2D eigenvalue weighted by Gasteiger charge is -2.36. The second-order valence-corrected chi connectivity index (χ2v) is 14.2. The molecule has 1 heterocycles. The van der Waals surface area contributed by atoms with Crippen molar-refractivity contribution in [2.75, 3.05) is 31.6 Å². The van der Waals surface area contributed by atoms with E-state index in [1.165, 1.54) is 30.9 Å². The lowest BCUT2D eigenvalue weighted by Crippen LogP contribution is -2.42. The van der Waals surface area contributed by atoms with Crippen LogP contribution in [0.3, 0.4) is 0 Å². The first-order chi connectivity index (χ1) is 23.8. The molecule has 0 spiro atoms. The molecular formula is C39H51N5O5. The van der Waals surface area contributed by atoms with Crippen LogP contribution in [-0.2, 0) is 14.3 Å². The summed E-state index contributed by atoms with van der Waals surface area (Å²) < 4.78 is 13.2. The highest BCUT2D eigenvalue weighted by molar-refractivity contribution is 5.95. The van der Waals surface area contributed by atoms with Crippen LogP contribution in [0.5, 0.6) is 5.75 Å². The topological polar surface area (TPSA) is 115 Å². The molecule has 0 bridgehead atoms. The van der Waals surface area contributed by atoms with Gasteiger partial charge >= 0.3 is 6.09 Å². The predicted molar refractivity (Wildman–Crippen MR) is 190 cm³/mol. The van der Waals surface area contributed by atoms with E-state index in [-0.39, 0.29) is 23.8 Å². The summed E-state index contributed by atoms with van der Waals surface area (Å²) >= 11 is 0. The monoisotopic (exact) mass is 669 g/mol. The second-order valence-electron chi connectivity index (χ2n) is 14.2. The summed E-state index contributed by atoms with van der Waals surface area (Å²) in [6, 6.07) is 15.4. The molecule has 10 nitrogen and oxygen atoms in total. The molecule has 10 heteroatoms. The van der Waals surface area contributed by atoms with Crippen molar-refractivity contribution in [1.29, 1.82) is 0 Å². The Morgan fingerprint density at radius 2 is 1.65 bits per heavy atom. The molecule has 0 aliphatic heterocycles. The van der Waals surface area contributed by atoms with Gasteiger partial charge in [0.1, 0.15) is 11.9 Å². The molecule has 2 N–H and O–H groups in total. The first kappa shape index (κ1) is 34.5. The molecule has 3 saturated carbocycles. The number of nitrogens with zero attached hydrogens (tertiary/aromatic N) is 3. The number of carbonyl (C=O) groups excluding carboxylic acids is 3. The highest BCUT2D eigenvalue weighted by Crippen LogP contribution is 2.40. The standard InChI is InChI=1S/C39H51N5O5/c1-26-21-32(13-18-37(26)48-3)29-9-7-28(8-10-29)24-43(35-6-4-5-31(22-35)33-23-42-44(25-33)34-14-15-34)38(46)30-11-16-36(17-12-30)49-39(47)41-20-19-40-27(2)45/h4-6,13,18,21-23,25,28-30,34,36H,7-12,14-17,19-20,24H2,1-3H3,(H,40,45)(H,41,47)/t28-,29-,30-,36-. The van der Waals surface area contributed by atoms with E-state index in [0.717, 1.165) is 48.2 Å². The fourth-order valence-electron chi connectivity index (χ4n) is 7.54. The van der Waals surface area contributed by atoms with E-state index in [2.05, 4.69) is 80.9 Å². The van der Waals surface area contributed by atoms with Gasteiger partial charge in [0.05, 0.1) is 19.3 Å². The van der Waals surface area contributed by atoms with Crippen molar-refractivity contribution in [2.45, 2.75) is 96.1 Å². The number of aromatic nitrogens is 2. The molecule has 3 fully saturated rings. The number of hydrogen-bond donors (Lipinski definition) is 2. The molecule has 0 unspecified atom stereocenters. The number of alkyl carbamates (subject to hydrolysis) is 1. The average Bonchev–Trinajstić information content (AvgIpc) is 3.85. The number of methoxy groups -OCH3 is 1. The van der Waals surface area contributed by atoms with Crippen molar-refractivity contribution in [3.05, 3.63) is 66.0 Å². The Bertz CT molecular complexity index is 1600. The van der Waals surface area contributed by atoms with Gasteiger partial charge in [-0.15, -0.1) is 0 Å². The van der Waals surface area contributed by atoms with E-state index in [1.807, 2.05) is 6.20 Å². The third kappa shape index (κ3) is 9.02. The van der Waals surface area contributed by atoms with Gasteiger partial charge in [0.25, 0.3) is 0 Å². The minimum atomic E-state index is -0.482. The Balaban J connectivity index is 1.11. The molecule has 262 valence electrons. The van der Waals surface area contributed by atoms with Crippen LogP contribution >= 0.6 is 0 Å². The number of nitrogens with one attached hydrogen (secondary N) is 2. The van der Waals surface area contributed by atoms with Crippen molar-refractivity contribution >= 4 is 23.6 Å². The smallest absolute Gasteiger partial charge is 0.407 e. The van der Waals surface area contributed by atoms with Crippen LogP contribution in [0.25, 0.3) is 11.1 Å². The zero-order chi connectivity index (χ0) is 34.3. The molecule has 3 aliphatic rings. The third-order valence-electron chi connectivity index (χ3n) is 10.5. The number of aryl methyl sites for hydroxylation is 1. The lowest BCUT2D eigenvalue weighted by atomic mass is 9.78. The van der Waals surface area contributed by atoms with Crippen LogP contribution in [0.15, 0.2) is 54.9 Å². The lowest BCUT2D eigenvalue weighted by molar-refractivity contribution is -0.124. The molecule has 6 rings (SSSR count). The quantitative estimate of drug-likeness (QED) is 0.202. The maximum absolute atomic E-state index is 14.4. The minimum Gasteiger partial charge on any atom is -0.496 e. The number of anilines is 1. The highest BCUT2D eigenvalue weighted by atomic mass is 16.6. The number of carbonyl (C=O) groups is 3. The van der Waals surface area contributed by atoms with Gasteiger partial charge in [0.2, 0.25) is 11.8 Å². The number of ether oxygens (including phenoxy) is 2. The molecular weight excluding hydrogens is 618 g/mol. The van der Waals surface area contributed by atoms with Gasteiger partial charge in [-0.3, -0.25) is 14.3 Å². The van der Waals surface area contributed by atoms with Crippen molar-refractivity contribution in [2.24, 2.45) is 11.8 Å². The van der Waals surface area contributed by atoms with Gasteiger partial charge in [-0.05, 0) is 118 Å². The van der Waals surface area contributed by atoms with E-state index < -0.39 is 6.09 Å². The number of amides is 3. The van der Waals surface area contributed by atoms with Crippen LogP contribution in [0.4, 0.5) is 10.5 Å². The van der Waals surface area contributed by atoms with Gasteiger partial charge in [-0.25, -0.2) is 4.79 Å². The Hall–Kier alpha value is -4.34. The van der Waals surface area contributed by atoms with Gasteiger partial charge in [0, 0.05) is 49.9 Å². The van der Waals surface area contributed by atoms with E-state index >= 15 is 0 Å². The summed E-state index contributed by atoms with van der Waals surface area (Å²) in [5.74, 6) is 1.77. The predicted octanol–water partition coefficient (Wildman–Crippen LogP) is 6.93. The van der Waals surface area contributed by atoms with Gasteiger partial charge in [0.15, 0.2) is 0 Å². The summed E-state index contributed by atoms with van der Waals surface area (Å²) in [7, 11) is 1.72. The molecule has 2 aromatic carbocycles. The third-order valence-corrected chi connectivity index (χ3v) is 10.5. The summed E-state index contributed by atoms with van der Waals surface area (Å²) in [4.78, 5) is 39.8. The van der Waals surface area contributed by atoms with Crippen molar-refractivity contribution in [3.8, 4) is 16.9 Å². The first-order valence-corrected chi connectivity index (χ1v) is 18.1. The highest BCUT2D eigenvalue weighted by Gasteiger charge is 2.34. The maximum atomic E-state index is 14.4. The Morgan fingerprint density at radius 1 is 0.898 bits per heavy atom. The molecule has 3 aliphatic carbocycles. The first-order valence-electron chi connectivity index (χ1n) is 18.1. The van der Waals surface area contributed by atoms with Gasteiger partial charge in [-0.1, -0.05) is 24.3 Å². The molecule has 3 amide bonds. The maximum Gasteiger partial charge on any atom is 0.407 e. The minimum absolute atomic E-state index is 0.123. The number of hydrogen-bond acceptors (Lipinski definition) is 6. The summed E-state index contributed by atoms with van der Waals surface area (Å²) in [5.41, 5.74) is 5.63. The molecule has 1 aromatic heterocycles. The Kier molecular flexibility index (Phi) is 11.2. The van der Waals surface area contributed by atoms with E-state index in [1.54, 1.807) is 7.11 Å². The zero-order valence-corrected chi connectivity index (χ0v) is 29.2. The molecule has 0 saturated heterocycles. The SMILES string of the molecule is COc1ccc([C@H]2CC[C@H](CN(c3cccc(-c4cnn(C5CC5)c4)c3)C(=O)[C@H]3CC[C@H](OC(=O)NCCNC(C)=O)CC3)CC2)cc1C. The van der Waals surface area contributed by atoms with Gasteiger partial charge in [-0.2, -0.15) is 5.10 Å². The van der Waals surface area contributed by atoms with Crippen LogP contribution in [-0.4, -0.2) is 60.5 Å². The van der Waals surface area contributed by atoms with E-state index in [9.17, 15) is 14.4 Å². The Labute approximate surface area is 289 Å². The number of benzene rings is 2. The average molecular weight is 670 g/mol. The van der Waals surface area contributed by atoms with Crippen LogP contribution in [0.2, 0.25) is 0 Å². The molecule has 3 aromatic rings. The van der Waals surface area contributed by atoms with Gasteiger partial charge < -0.3 is 25.0 Å². The number of rotatable bonds is 12. The van der Waals surface area contributed by atoms with E-state index in [4.69, 9.17) is 9.47 Å². The van der Waals surface area contributed by atoms with Crippen molar-refractivity contribution in [3.63, 3.8) is 0 Å². The fourth-order valence-corrected chi connectivity index (χ4v) is 7.54. The molecule has 49 heavy (non-hydrogen) atoms. The summed E-state index contributed by atoms with van der Waals surface area (Å²) in [6.45, 7) is 4.91. The van der Waals surface area contributed by atoms with Crippen LogP contribution in [0.1, 0.15) is 94.2 Å². The molecule has 0 radical (unpaired) electrons. The van der Waals surface area contributed by atoms with Crippen LogP contribution < -0.4 is 20.3 Å². The normalized spacial score (nSPS) is 22.2.